The molecule has 0 aliphatic carbocycles. The fourth-order valence-electron chi connectivity index (χ4n) is 2.49. The van der Waals surface area contributed by atoms with Gasteiger partial charge in [0.15, 0.2) is 11.5 Å². The van der Waals surface area contributed by atoms with Crippen LogP contribution in [0, 0.1) is 11.3 Å². The summed E-state index contributed by atoms with van der Waals surface area (Å²) in [5, 5.41) is 26.5. The number of fused-ring (bicyclic) bond motifs is 1. The lowest BCUT2D eigenvalue weighted by Gasteiger charge is -2.26. The number of nitriles is 1. The maximum atomic E-state index is 10.0. The maximum absolute atomic E-state index is 10.0. The average molecular weight is 314 g/mol. The number of allylic oxidation sites excluding steroid dienone is 1. The molecule has 4 N–H and O–H groups in total. The van der Waals surface area contributed by atoms with Crippen LogP contribution in [0.3, 0.4) is 0 Å². The molecule has 9 heteroatoms. The zero-order valence-electron chi connectivity index (χ0n) is 12.4. The van der Waals surface area contributed by atoms with Crippen LogP contribution < -0.4 is 20.5 Å². The number of nitrogens with zero attached hydrogens (tertiary/aromatic N) is 4. The molecule has 1 aliphatic rings. The molecule has 0 bridgehead atoms. The molecule has 3 rings (SSSR count). The smallest absolute Gasteiger partial charge is 0.227 e. The Morgan fingerprint density at radius 1 is 1.35 bits per heavy atom. The number of benzene rings is 1. The molecule has 0 saturated carbocycles. The third kappa shape index (κ3) is 2.17. The van der Waals surface area contributed by atoms with Crippen LogP contribution in [-0.4, -0.2) is 34.1 Å². The third-order valence-corrected chi connectivity index (χ3v) is 3.57. The van der Waals surface area contributed by atoms with Crippen molar-refractivity contribution in [2.75, 3.05) is 19.5 Å². The lowest BCUT2D eigenvalue weighted by molar-refractivity contribution is 0.338. The molecule has 1 unspecified atom stereocenters. The van der Waals surface area contributed by atoms with Gasteiger partial charge in [0.05, 0.1) is 19.8 Å². The lowest BCUT2D eigenvalue weighted by Crippen LogP contribution is -2.28. The number of anilines is 1. The Balaban J connectivity index is 2.23. The molecule has 2 aromatic rings. The van der Waals surface area contributed by atoms with Gasteiger partial charge in [-0.05, 0) is 17.7 Å². The Bertz CT molecular complexity index is 810. The highest BCUT2D eigenvalue weighted by Crippen LogP contribution is 2.42. The van der Waals surface area contributed by atoms with Gasteiger partial charge in [0.25, 0.3) is 0 Å². The van der Waals surface area contributed by atoms with E-state index in [0.717, 1.165) is 0 Å². The number of nitrogens with one attached hydrogen (secondary N) is 1. The molecular weight excluding hydrogens is 300 g/mol. The molecule has 118 valence electrons. The highest BCUT2D eigenvalue weighted by molar-refractivity contribution is 5.57. The van der Waals surface area contributed by atoms with E-state index in [1.54, 1.807) is 12.1 Å². The normalized spacial score (nSPS) is 16.3. The summed E-state index contributed by atoms with van der Waals surface area (Å²) in [7, 11) is 2.86. The molecule has 0 fully saturated rings. The van der Waals surface area contributed by atoms with Crippen molar-refractivity contribution in [2.45, 2.75) is 6.04 Å². The highest BCUT2D eigenvalue weighted by atomic mass is 16.5. The van der Waals surface area contributed by atoms with Crippen molar-refractivity contribution >= 4 is 5.95 Å². The zero-order valence-corrected chi connectivity index (χ0v) is 12.4. The quantitative estimate of drug-likeness (QED) is 0.754. The van der Waals surface area contributed by atoms with E-state index in [1.165, 1.54) is 25.2 Å². The van der Waals surface area contributed by atoms with Gasteiger partial charge >= 0.3 is 0 Å². The van der Waals surface area contributed by atoms with Gasteiger partial charge in [-0.15, -0.1) is 0 Å². The first kappa shape index (κ1) is 14.5. The summed E-state index contributed by atoms with van der Waals surface area (Å²) >= 11 is 0. The number of hydrogen-bond donors (Lipinski definition) is 3. The first-order valence-electron chi connectivity index (χ1n) is 6.61. The Labute approximate surface area is 131 Å². The molecule has 0 saturated heterocycles. The first-order chi connectivity index (χ1) is 11.1. The number of ether oxygens (including phenoxy) is 2. The molecule has 0 spiro atoms. The first-order valence-corrected chi connectivity index (χ1v) is 6.61. The topological polar surface area (TPSA) is 131 Å². The van der Waals surface area contributed by atoms with Crippen molar-refractivity contribution in [3.8, 4) is 23.3 Å². The molecule has 1 aromatic carbocycles. The van der Waals surface area contributed by atoms with Crippen molar-refractivity contribution in [1.29, 1.82) is 5.26 Å². The average Bonchev–Trinajstić information content (AvgIpc) is 3.01. The molecule has 1 atom stereocenters. The summed E-state index contributed by atoms with van der Waals surface area (Å²) in [5.74, 6) is 0.925. The van der Waals surface area contributed by atoms with E-state index < -0.39 is 6.04 Å². The van der Waals surface area contributed by atoms with Crippen LogP contribution in [0.4, 0.5) is 5.95 Å². The number of hydrogen-bond acceptors (Lipinski definition) is 8. The van der Waals surface area contributed by atoms with Crippen molar-refractivity contribution in [3.63, 3.8) is 0 Å². The highest BCUT2D eigenvalue weighted by Gasteiger charge is 2.31. The fourth-order valence-corrected chi connectivity index (χ4v) is 2.49. The molecule has 1 aromatic heterocycles. The number of phenolic OH excluding ortho intramolecular Hbond substituents is 1. The summed E-state index contributed by atoms with van der Waals surface area (Å²) in [4.78, 5) is 4.06. The number of rotatable bonds is 3. The van der Waals surface area contributed by atoms with Gasteiger partial charge in [0.1, 0.15) is 24.3 Å². The maximum Gasteiger partial charge on any atom is 0.227 e. The second-order valence-electron chi connectivity index (χ2n) is 4.77. The Kier molecular flexibility index (Phi) is 3.42. The fraction of sp³-hybridized carbons (Fsp3) is 0.214. The van der Waals surface area contributed by atoms with Crippen molar-refractivity contribution in [1.82, 2.24) is 14.8 Å². The standard InChI is InChI=1S/C14H14N6O3/c1-22-9-3-7(4-10(23-2)12(9)21)11-8(5-15)13(16)19-14-17-6-18-20(11)14/h3-4,6,11,21H,16H2,1-2H3,(H,17,18,19). The van der Waals surface area contributed by atoms with E-state index in [2.05, 4.69) is 21.5 Å². The summed E-state index contributed by atoms with van der Waals surface area (Å²) < 4.78 is 11.9. The van der Waals surface area contributed by atoms with E-state index in [1.807, 2.05) is 0 Å². The monoisotopic (exact) mass is 314 g/mol. The lowest BCUT2D eigenvalue weighted by atomic mass is 9.97. The number of aromatic nitrogens is 3. The minimum absolute atomic E-state index is 0.123. The van der Waals surface area contributed by atoms with Crippen LogP contribution in [0.15, 0.2) is 29.9 Å². The Morgan fingerprint density at radius 3 is 2.57 bits per heavy atom. The predicted octanol–water partition coefficient (Wildman–Crippen LogP) is 0.710. The molecule has 1 aliphatic heterocycles. The van der Waals surface area contributed by atoms with Gasteiger partial charge in [-0.25, -0.2) is 4.68 Å². The van der Waals surface area contributed by atoms with Crippen molar-refractivity contribution in [2.24, 2.45) is 5.73 Å². The van der Waals surface area contributed by atoms with Gasteiger partial charge in [-0.3, -0.25) is 0 Å². The van der Waals surface area contributed by atoms with Crippen molar-refractivity contribution in [3.05, 3.63) is 35.4 Å². The van der Waals surface area contributed by atoms with Crippen molar-refractivity contribution < 1.29 is 14.6 Å². The second-order valence-corrected chi connectivity index (χ2v) is 4.77. The minimum atomic E-state index is -0.609. The van der Waals surface area contributed by atoms with Gasteiger partial charge in [-0.2, -0.15) is 15.3 Å². The van der Waals surface area contributed by atoms with Gasteiger partial charge in [-0.1, -0.05) is 0 Å². The summed E-state index contributed by atoms with van der Waals surface area (Å²) in [6, 6.07) is 4.67. The molecule has 0 amide bonds. The molecule has 23 heavy (non-hydrogen) atoms. The molecule has 9 nitrogen and oxygen atoms in total. The van der Waals surface area contributed by atoms with Crippen LogP contribution in [-0.2, 0) is 0 Å². The largest absolute Gasteiger partial charge is 0.502 e. The minimum Gasteiger partial charge on any atom is -0.502 e. The van der Waals surface area contributed by atoms with Gasteiger partial charge < -0.3 is 25.6 Å². The second kappa shape index (κ2) is 5.42. The molecular formula is C14H14N6O3. The van der Waals surface area contributed by atoms with Gasteiger partial charge in [0, 0.05) is 0 Å². The van der Waals surface area contributed by atoms with E-state index in [9.17, 15) is 10.4 Å². The van der Waals surface area contributed by atoms with Crippen LogP contribution in [0.5, 0.6) is 17.2 Å². The number of methoxy groups -OCH3 is 2. The molecule has 0 radical (unpaired) electrons. The summed E-state index contributed by atoms with van der Waals surface area (Å²) in [5.41, 5.74) is 6.81. The SMILES string of the molecule is COc1cc(C2C(C#N)=C(N)Nc3ncnn32)cc(OC)c1O. The predicted molar refractivity (Wildman–Crippen MR) is 79.8 cm³/mol. The Morgan fingerprint density at radius 2 is 2.00 bits per heavy atom. The van der Waals surface area contributed by atoms with Crippen LogP contribution in [0.2, 0.25) is 0 Å². The Hall–Kier alpha value is -3.41. The molecule has 2 heterocycles. The van der Waals surface area contributed by atoms with E-state index in [0.29, 0.717) is 11.5 Å². The van der Waals surface area contributed by atoms with E-state index >= 15 is 0 Å². The van der Waals surface area contributed by atoms with Crippen LogP contribution in [0.25, 0.3) is 0 Å². The zero-order chi connectivity index (χ0) is 16.6. The summed E-state index contributed by atoms with van der Waals surface area (Å²) in [6.45, 7) is 0. The third-order valence-electron chi connectivity index (χ3n) is 3.57. The van der Waals surface area contributed by atoms with Gasteiger partial charge in [0.2, 0.25) is 11.7 Å². The van der Waals surface area contributed by atoms with Crippen LogP contribution in [0.1, 0.15) is 11.6 Å². The number of nitrogens with two attached hydrogens (primary N) is 1. The number of aromatic hydroxyl groups is 1. The van der Waals surface area contributed by atoms with E-state index in [4.69, 9.17) is 15.2 Å². The van der Waals surface area contributed by atoms with E-state index in [-0.39, 0.29) is 28.6 Å². The summed E-state index contributed by atoms with van der Waals surface area (Å²) in [6.07, 6.45) is 1.36. The number of phenols is 1. The van der Waals surface area contributed by atoms with Crippen LogP contribution >= 0.6 is 0 Å².